The van der Waals surface area contributed by atoms with Crippen LogP contribution in [0.15, 0.2) is 23.0 Å². The molecule has 0 fully saturated rings. The molecule has 0 aliphatic rings. The summed E-state index contributed by atoms with van der Waals surface area (Å²) in [6, 6.07) is 5.13. The van der Waals surface area contributed by atoms with Crippen molar-refractivity contribution in [1.29, 1.82) is 0 Å². The number of aromatic nitrogens is 2. The number of aromatic hydroxyl groups is 1. The smallest absolute Gasteiger partial charge is 0.258 e. The van der Waals surface area contributed by atoms with Crippen molar-refractivity contribution in [3.63, 3.8) is 0 Å². The maximum absolute atomic E-state index is 12.1. The molecule has 0 atom stereocenters. The summed E-state index contributed by atoms with van der Waals surface area (Å²) in [5.41, 5.74) is 0.442. The minimum absolute atomic E-state index is 0.123. The summed E-state index contributed by atoms with van der Waals surface area (Å²) in [6.45, 7) is 3.63. The Morgan fingerprint density at radius 3 is 2.48 bits per heavy atom. The third-order valence-electron chi connectivity index (χ3n) is 3.17. The van der Waals surface area contributed by atoms with Gasteiger partial charge in [0, 0.05) is 0 Å². The first kappa shape index (κ1) is 14.9. The van der Waals surface area contributed by atoms with E-state index < -0.39 is 0 Å². The van der Waals surface area contributed by atoms with Gasteiger partial charge >= 0.3 is 0 Å². The Bertz CT molecular complexity index is 707. The van der Waals surface area contributed by atoms with Gasteiger partial charge < -0.3 is 19.6 Å². The monoisotopic (exact) mass is 290 g/mol. The summed E-state index contributed by atoms with van der Waals surface area (Å²) in [5.74, 6) is 0.963. The van der Waals surface area contributed by atoms with Gasteiger partial charge in [0.2, 0.25) is 5.88 Å². The molecule has 6 nitrogen and oxygen atoms in total. The van der Waals surface area contributed by atoms with Crippen LogP contribution in [-0.2, 0) is 0 Å². The predicted molar refractivity (Wildman–Crippen MR) is 79.2 cm³/mol. The van der Waals surface area contributed by atoms with E-state index in [0.717, 1.165) is 0 Å². The lowest BCUT2D eigenvalue weighted by Gasteiger charge is -2.12. The minimum atomic E-state index is -0.364. The average molecular weight is 290 g/mol. The van der Waals surface area contributed by atoms with Gasteiger partial charge in [-0.15, -0.1) is 0 Å². The fourth-order valence-corrected chi connectivity index (χ4v) is 2.12. The molecule has 112 valence electrons. The number of benzene rings is 1. The van der Waals surface area contributed by atoms with Crippen molar-refractivity contribution >= 4 is 0 Å². The number of aromatic amines is 1. The van der Waals surface area contributed by atoms with Gasteiger partial charge in [-0.25, -0.2) is 0 Å². The number of hydrogen-bond acceptors (Lipinski definition) is 5. The Balaban J connectivity index is 2.65. The highest BCUT2D eigenvalue weighted by Gasteiger charge is 2.17. The van der Waals surface area contributed by atoms with Gasteiger partial charge in [0.25, 0.3) is 5.56 Å². The van der Waals surface area contributed by atoms with Crippen LogP contribution in [0.4, 0.5) is 0 Å². The third-order valence-corrected chi connectivity index (χ3v) is 3.17. The molecule has 0 spiro atoms. The lowest BCUT2D eigenvalue weighted by molar-refractivity contribution is 0.404. The quantitative estimate of drug-likeness (QED) is 0.902. The van der Waals surface area contributed by atoms with Crippen LogP contribution in [0.5, 0.6) is 17.4 Å². The number of H-pyrrole nitrogens is 1. The van der Waals surface area contributed by atoms with Crippen molar-refractivity contribution < 1.29 is 14.6 Å². The maximum Gasteiger partial charge on any atom is 0.258 e. The first-order valence-electron chi connectivity index (χ1n) is 6.53. The number of nitrogens with zero attached hydrogens (tertiary/aromatic N) is 1. The molecule has 0 amide bonds. The number of hydrogen-bond donors (Lipinski definition) is 2. The molecule has 0 aliphatic heterocycles. The molecule has 1 aromatic heterocycles. The van der Waals surface area contributed by atoms with Gasteiger partial charge in [0.1, 0.15) is 17.3 Å². The molecule has 0 radical (unpaired) electrons. The first-order valence-corrected chi connectivity index (χ1v) is 6.53. The van der Waals surface area contributed by atoms with E-state index in [9.17, 15) is 9.90 Å². The zero-order chi connectivity index (χ0) is 15.6. The Morgan fingerprint density at radius 1 is 1.24 bits per heavy atom. The van der Waals surface area contributed by atoms with Crippen LogP contribution < -0.4 is 15.0 Å². The van der Waals surface area contributed by atoms with Gasteiger partial charge in [-0.05, 0) is 24.1 Å². The van der Waals surface area contributed by atoms with Crippen molar-refractivity contribution in [3.8, 4) is 28.8 Å². The molecule has 2 aromatic rings. The van der Waals surface area contributed by atoms with E-state index in [1.165, 1.54) is 7.11 Å². The average Bonchev–Trinajstić information content (AvgIpc) is 2.45. The summed E-state index contributed by atoms with van der Waals surface area (Å²) >= 11 is 0. The lowest BCUT2D eigenvalue weighted by Crippen LogP contribution is -2.16. The van der Waals surface area contributed by atoms with Gasteiger partial charge in [-0.2, -0.15) is 4.98 Å². The first-order chi connectivity index (χ1) is 9.97. The zero-order valence-electron chi connectivity index (χ0n) is 12.4. The highest BCUT2D eigenvalue weighted by atomic mass is 16.5. The fraction of sp³-hybridized carbons (Fsp3) is 0.333. The standard InChI is InChI=1S/C15H18N2O4/c1-8(2)12-14(18)16-13(17-15(12)19)10-7-9(20-3)5-6-11(10)21-4/h5-8H,1-4H3,(H2,16,17,18,19). The Labute approximate surface area is 122 Å². The van der Waals surface area contributed by atoms with Crippen LogP contribution in [0, 0.1) is 0 Å². The van der Waals surface area contributed by atoms with Gasteiger partial charge in [-0.1, -0.05) is 13.8 Å². The van der Waals surface area contributed by atoms with Crippen LogP contribution in [0.2, 0.25) is 0 Å². The summed E-state index contributed by atoms with van der Waals surface area (Å²) in [5, 5.41) is 9.99. The Morgan fingerprint density at radius 2 is 1.95 bits per heavy atom. The van der Waals surface area contributed by atoms with Crippen LogP contribution in [0.1, 0.15) is 25.3 Å². The largest absolute Gasteiger partial charge is 0.497 e. The molecule has 1 heterocycles. The van der Waals surface area contributed by atoms with Crippen LogP contribution >= 0.6 is 0 Å². The van der Waals surface area contributed by atoms with E-state index in [4.69, 9.17) is 9.47 Å². The molecule has 0 bridgehead atoms. The molecule has 0 saturated carbocycles. The van der Waals surface area contributed by atoms with E-state index in [2.05, 4.69) is 9.97 Å². The number of methoxy groups -OCH3 is 2. The van der Waals surface area contributed by atoms with Crippen molar-refractivity contribution in [2.75, 3.05) is 14.2 Å². The van der Waals surface area contributed by atoms with E-state index in [-0.39, 0.29) is 28.7 Å². The number of nitrogens with one attached hydrogen (secondary N) is 1. The molecule has 21 heavy (non-hydrogen) atoms. The molecule has 0 aliphatic carbocycles. The van der Waals surface area contributed by atoms with Crippen LogP contribution in [0.25, 0.3) is 11.4 Å². The fourth-order valence-electron chi connectivity index (χ4n) is 2.12. The van der Waals surface area contributed by atoms with E-state index in [0.29, 0.717) is 17.1 Å². The van der Waals surface area contributed by atoms with Crippen molar-refractivity contribution in [1.82, 2.24) is 9.97 Å². The molecule has 2 N–H and O–H groups in total. The van der Waals surface area contributed by atoms with E-state index >= 15 is 0 Å². The molecular formula is C15H18N2O4. The number of rotatable bonds is 4. The zero-order valence-corrected chi connectivity index (χ0v) is 12.4. The summed E-state index contributed by atoms with van der Waals surface area (Å²) in [7, 11) is 3.06. The molecule has 6 heteroatoms. The predicted octanol–water partition coefficient (Wildman–Crippen LogP) is 2.28. The Kier molecular flexibility index (Phi) is 4.16. The summed E-state index contributed by atoms with van der Waals surface area (Å²) in [6.07, 6.45) is 0. The van der Waals surface area contributed by atoms with Crippen LogP contribution in [-0.4, -0.2) is 29.3 Å². The van der Waals surface area contributed by atoms with E-state index in [1.54, 1.807) is 25.3 Å². The van der Waals surface area contributed by atoms with Gasteiger partial charge in [-0.3, -0.25) is 4.79 Å². The highest BCUT2D eigenvalue weighted by molar-refractivity contribution is 5.66. The minimum Gasteiger partial charge on any atom is -0.497 e. The third kappa shape index (κ3) is 2.84. The second-order valence-corrected chi connectivity index (χ2v) is 4.87. The molecule has 0 unspecified atom stereocenters. The summed E-state index contributed by atoms with van der Waals surface area (Å²) in [4.78, 5) is 18.9. The number of ether oxygens (including phenoxy) is 2. The Hall–Kier alpha value is -2.50. The van der Waals surface area contributed by atoms with Crippen molar-refractivity contribution in [2.24, 2.45) is 0 Å². The summed E-state index contributed by atoms with van der Waals surface area (Å²) < 4.78 is 10.4. The van der Waals surface area contributed by atoms with Crippen molar-refractivity contribution in [2.45, 2.75) is 19.8 Å². The lowest BCUT2D eigenvalue weighted by atomic mass is 10.1. The van der Waals surface area contributed by atoms with Crippen LogP contribution in [0.3, 0.4) is 0 Å². The van der Waals surface area contributed by atoms with Gasteiger partial charge in [0.15, 0.2) is 0 Å². The maximum atomic E-state index is 12.1. The molecular weight excluding hydrogens is 272 g/mol. The SMILES string of the molecule is COc1ccc(OC)c(-c2nc(O)c(C(C)C)c(=O)[nH]2)c1. The van der Waals surface area contributed by atoms with Crippen molar-refractivity contribution in [3.05, 3.63) is 34.1 Å². The second kappa shape index (κ2) is 5.87. The molecule has 1 aromatic carbocycles. The second-order valence-electron chi connectivity index (χ2n) is 4.87. The molecule has 0 saturated heterocycles. The topological polar surface area (TPSA) is 84.4 Å². The normalized spacial score (nSPS) is 10.7. The molecule has 2 rings (SSSR count). The van der Waals surface area contributed by atoms with E-state index in [1.807, 2.05) is 13.8 Å². The highest BCUT2D eigenvalue weighted by Crippen LogP contribution is 2.32. The van der Waals surface area contributed by atoms with Gasteiger partial charge in [0.05, 0.1) is 25.3 Å².